The van der Waals surface area contributed by atoms with E-state index in [0.29, 0.717) is 6.04 Å². The average Bonchev–Trinajstić information content (AvgIpc) is 2.24. The van der Waals surface area contributed by atoms with Crippen LogP contribution in [0.15, 0.2) is 22.9 Å². The van der Waals surface area contributed by atoms with Crippen LogP contribution in [0.2, 0.25) is 0 Å². The minimum atomic E-state index is 0.512. The smallest absolute Gasteiger partial charge is 0.0410 e. The van der Waals surface area contributed by atoms with Gasteiger partial charge in [0.05, 0.1) is 0 Å². The molecule has 4 heteroatoms. The van der Waals surface area contributed by atoms with Crippen molar-refractivity contribution in [3.05, 3.63) is 28.5 Å². The zero-order valence-corrected chi connectivity index (χ0v) is 11.8. The normalized spacial score (nSPS) is 13.1. The zero-order valence-electron chi connectivity index (χ0n) is 10.2. The molecule has 0 radical (unpaired) electrons. The van der Waals surface area contributed by atoms with Crippen LogP contribution in [-0.4, -0.2) is 43.6 Å². The fourth-order valence-corrected chi connectivity index (χ4v) is 2.03. The van der Waals surface area contributed by atoms with Gasteiger partial charge in [0.2, 0.25) is 0 Å². The lowest BCUT2D eigenvalue weighted by Gasteiger charge is -2.18. The Morgan fingerprint density at radius 3 is 2.75 bits per heavy atom. The first-order valence-corrected chi connectivity index (χ1v) is 6.32. The molecular formula is C12H20BrN3. The summed E-state index contributed by atoms with van der Waals surface area (Å²) >= 11 is 3.45. The topological polar surface area (TPSA) is 28.2 Å². The lowest BCUT2D eigenvalue weighted by atomic mass is 10.1. The molecule has 0 aliphatic rings. The van der Waals surface area contributed by atoms with Gasteiger partial charge in [-0.05, 0) is 68.1 Å². The third-order valence-corrected chi connectivity index (χ3v) is 3.01. The Hall–Kier alpha value is -0.450. The van der Waals surface area contributed by atoms with Gasteiger partial charge in [0.1, 0.15) is 0 Å². The second kappa shape index (κ2) is 6.99. The molecule has 0 saturated heterocycles. The van der Waals surface area contributed by atoms with E-state index in [1.54, 1.807) is 0 Å². The molecule has 1 aromatic heterocycles. The van der Waals surface area contributed by atoms with Crippen molar-refractivity contribution < 1.29 is 0 Å². The summed E-state index contributed by atoms with van der Waals surface area (Å²) in [7, 11) is 6.23. The molecule has 1 rings (SSSR count). The largest absolute Gasteiger partial charge is 0.317 e. The Morgan fingerprint density at radius 1 is 1.44 bits per heavy atom. The quantitative estimate of drug-likeness (QED) is 0.866. The number of pyridine rings is 1. The molecule has 0 aliphatic heterocycles. The van der Waals surface area contributed by atoms with Crippen molar-refractivity contribution >= 4 is 15.9 Å². The molecule has 3 nitrogen and oxygen atoms in total. The highest BCUT2D eigenvalue weighted by Gasteiger charge is 2.08. The summed E-state index contributed by atoms with van der Waals surface area (Å²) in [4.78, 5) is 6.39. The number of nitrogens with zero attached hydrogens (tertiary/aromatic N) is 2. The Labute approximate surface area is 106 Å². The van der Waals surface area contributed by atoms with Crippen LogP contribution in [-0.2, 0) is 6.42 Å². The molecule has 1 unspecified atom stereocenters. The number of rotatable bonds is 6. The highest BCUT2D eigenvalue weighted by Crippen LogP contribution is 2.12. The molecule has 0 bridgehead atoms. The Balaban J connectivity index is 2.49. The van der Waals surface area contributed by atoms with E-state index >= 15 is 0 Å². The summed E-state index contributed by atoms with van der Waals surface area (Å²) in [5.41, 5.74) is 1.27. The van der Waals surface area contributed by atoms with Gasteiger partial charge < -0.3 is 10.2 Å². The monoisotopic (exact) mass is 285 g/mol. The van der Waals surface area contributed by atoms with Gasteiger partial charge >= 0.3 is 0 Å². The van der Waals surface area contributed by atoms with E-state index in [1.165, 1.54) is 5.56 Å². The van der Waals surface area contributed by atoms with E-state index in [2.05, 4.69) is 51.3 Å². The van der Waals surface area contributed by atoms with Crippen LogP contribution in [0.5, 0.6) is 0 Å². The second-order valence-electron chi connectivity index (χ2n) is 4.29. The van der Waals surface area contributed by atoms with Gasteiger partial charge in [-0.15, -0.1) is 0 Å². The van der Waals surface area contributed by atoms with Crippen LogP contribution >= 0.6 is 15.9 Å². The first-order valence-electron chi connectivity index (χ1n) is 5.53. The van der Waals surface area contributed by atoms with Crippen LogP contribution in [0.3, 0.4) is 0 Å². The van der Waals surface area contributed by atoms with Crippen LogP contribution in [0.1, 0.15) is 12.0 Å². The van der Waals surface area contributed by atoms with Crippen LogP contribution in [0.4, 0.5) is 0 Å². The van der Waals surface area contributed by atoms with Crippen molar-refractivity contribution in [2.75, 3.05) is 27.7 Å². The fourth-order valence-electron chi connectivity index (χ4n) is 1.61. The number of hydrogen-bond donors (Lipinski definition) is 1. The molecular weight excluding hydrogens is 266 g/mol. The highest BCUT2D eigenvalue weighted by atomic mass is 79.9. The van der Waals surface area contributed by atoms with E-state index in [4.69, 9.17) is 0 Å². The van der Waals surface area contributed by atoms with Crippen molar-refractivity contribution in [1.82, 2.24) is 15.2 Å². The summed E-state index contributed by atoms with van der Waals surface area (Å²) in [5.74, 6) is 0. The fraction of sp³-hybridized carbons (Fsp3) is 0.583. The van der Waals surface area contributed by atoms with Crippen LogP contribution < -0.4 is 5.32 Å². The summed E-state index contributed by atoms with van der Waals surface area (Å²) in [5, 5.41) is 3.36. The third kappa shape index (κ3) is 5.05. The highest BCUT2D eigenvalue weighted by molar-refractivity contribution is 9.10. The minimum absolute atomic E-state index is 0.512. The number of aromatic nitrogens is 1. The average molecular weight is 286 g/mol. The number of nitrogens with one attached hydrogen (secondary N) is 1. The van der Waals surface area contributed by atoms with Crippen LogP contribution in [0.25, 0.3) is 0 Å². The summed E-state index contributed by atoms with van der Waals surface area (Å²) in [6.45, 7) is 1.10. The molecule has 1 atom stereocenters. The summed E-state index contributed by atoms with van der Waals surface area (Å²) in [6, 6.07) is 2.64. The lowest BCUT2D eigenvalue weighted by molar-refractivity contribution is 0.364. The molecule has 1 heterocycles. The molecule has 90 valence electrons. The maximum Gasteiger partial charge on any atom is 0.0410 e. The number of halogens is 1. The number of likely N-dealkylation sites (N-methyl/N-ethyl adjacent to an activating group) is 1. The SMILES string of the molecule is CNC(CCN(C)C)Cc1cncc(Br)c1. The first-order chi connectivity index (χ1) is 7.61. The molecule has 1 aromatic rings. The van der Waals surface area contributed by atoms with E-state index in [-0.39, 0.29) is 0 Å². The van der Waals surface area contributed by atoms with Gasteiger partial charge in [0.15, 0.2) is 0 Å². The Morgan fingerprint density at radius 2 is 2.19 bits per heavy atom. The molecule has 0 fully saturated rings. The standard InChI is InChI=1S/C12H20BrN3/c1-14-12(4-5-16(2)3)7-10-6-11(13)9-15-8-10/h6,8-9,12,14H,4-5,7H2,1-3H3. The van der Waals surface area contributed by atoms with E-state index < -0.39 is 0 Å². The maximum absolute atomic E-state index is 4.18. The van der Waals surface area contributed by atoms with Gasteiger partial charge in [-0.1, -0.05) is 0 Å². The van der Waals surface area contributed by atoms with Crippen LogP contribution in [0, 0.1) is 0 Å². The Bertz CT molecular complexity index is 315. The molecule has 16 heavy (non-hydrogen) atoms. The molecule has 1 N–H and O–H groups in total. The predicted molar refractivity (Wildman–Crippen MR) is 71.7 cm³/mol. The number of hydrogen-bond acceptors (Lipinski definition) is 3. The molecule has 0 saturated carbocycles. The van der Waals surface area contributed by atoms with Crippen molar-refractivity contribution in [1.29, 1.82) is 0 Å². The van der Waals surface area contributed by atoms with E-state index in [1.807, 2.05) is 19.4 Å². The minimum Gasteiger partial charge on any atom is -0.317 e. The molecule has 0 aliphatic carbocycles. The predicted octanol–water partition coefficient (Wildman–Crippen LogP) is 1.93. The van der Waals surface area contributed by atoms with Gasteiger partial charge in [0.25, 0.3) is 0 Å². The maximum atomic E-state index is 4.18. The van der Waals surface area contributed by atoms with E-state index in [0.717, 1.165) is 23.9 Å². The summed E-state index contributed by atoms with van der Waals surface area (Å²) in [6.07, 6.45) is 5.93. The lowest BCUT2D eigenvalue weighted by Crippen LogP contribution is -2.31. The van der Waals surface area contributed by atoms with Gasteiger partial charge in [-0.25, -0.2) is 0 Å². The van der Waals surface area contributed by atoms with Crippen molar-refractivity contribution in [3.8, 4) is 0 Å². The zero-order chi connectivity index (χ0) is 12.0. The van der Waals surface area contributed by atoms with Gasteiger partial charge in [-0.2, -0.15) is 0 Å². The van der Waals surface area contributed by atoms with Crippen molar-refractivity contribution in [3.63, 3.8) is 0 Å². The van der Waals surface area contributed by atoms with Gasteiger partial charge in [0, 0.05) is 22.9 Å². The third-order valence-electron chi connectivity index (χ3n) is 2.58. The Kier molecular flexibility index (Phi) is 5.95. The second-order valence-corrected chi connectivity index (χ2v) is 5.21. The van der Waals surface area contributed by atoms with E-state index in [9.17, 15) is 0 Å². The molecule has 0 spiro atoms. The van der Waals surface area contributed by atoms with Crippen molar-refractivity contribution in [2.45, 2.75) is 18.9 Å². The molecule has 0 aromatic carbocycles. The molecule has 0 amide bonds. The summed E-state index contributed by atoms with van der Waals surface area (Å²) < 4.78 is 1.05. The van der Waals surface area contributed by atoms with Crippen molar-refractivity contribution in [2.24, 2.45) is 0 Å². The first kappa shape index (κ1) is 13.6. The van der Waals surface area contributed by atoms with Gasteiger partial charge in [-0.3, -0.25) is 4.98 Å².